The van der Waals surface area contributed by atoms with Gasteiger partial charge in [0.2, 0.25) is 11.8 Å². The number of anilines is 1. The van der Waals surface area contributed by atoms with Crippen molar-refractivity contribution in [1.29, 1.82) is 0 Å². The number of carbonyl (C=O) groups excluding carboxylic acids is 2. The van der Waals surface area contributed by atoms with Crippen LogP contribution < -0.4 is 15.0 Å². The number of ether oxygens (including phenoxy) is 1. The van der Waals surface area contributed by atoms with Gasteiger partial charge in [0.15, 0.2) is 0 Å². The van der Waals surface area contributed by atoms with Crippen molar-refractivity contribution < 1.29 is 14.3 Å². The molecule has 1 saturated heterocycles. The number of hydrogen-bond donors (Lipinski definition) is 1. The van der Waals surface area contributed by atoms with E-state index in [-0.39, 0.29) is 17.9 Å². The summed E-state index contributed by atoms with van der Waals surface area (Å²) in [5.41, 5.74) is 0.818. The smallest absolute Gasteiger partial charge is 0.229 e. The van der Waals surface area contributed by atoms with E-state index in [0.717, 1.165) is 11.4 Å². The van der Waals surface area contributed by atoms with Crippen molar-refractivity contribution in [3.63, 3.8) is 0 Å². The van der Waals surface area contributed by atoms with Crippen molar-refractivity contribution in [2.24, 2.45) is 0 Å². The van der Waals surface area contributed by atoms with Gasteiger partial charge in [-0.3, -0.25) is 9.59 Å². The van der Waals surface area contributed by atoms with Crippen molar-refractivity contribution in [1.82, 2.24) is 5.32 Å². The van der Waals surface area contributed by atoms with E-state index in [0.29, 0.717) is 31.7 Å². The van der Waals surface area contributed by atoms with Crippen LogP contribution in [0.3, 0.4) is 0 Å². The second kappa shape index (κ2) is 7.31. The van der Waals surface area contributed by atoms with Crippen LogP contribution in [-0.2, 0) is 9.59 Å². The van der Waals surface area contributed by atoms with Crippen LogP contribution in [0.15, 0.2) is 24.3 Å². The monoisotopic (exact) mass is 310 g/mol. The first-order chi connectivity index (χ1) is 10.1. The van der Waals surface area contributed by atoms with Gasteiger partial charge >= 0.3 is 0 Å². The molecule has 1 heterocycles. The molecule has 0 radical (unpaired) electrons. The molecule has 0 aromatic heterocycles. The summed E-state index contributed by atoms with van der Waals surface area (Å²) >= 11 is 5.56. The first kappa shape index (κ1) is 15.6. The Morgan fingerprint density at radius 2 is 2.14 bits per heavy atom. The lowest BCUT2D eigenvalue weighted by Crippen LogP contribution is -2.37. The van der Waals surface area contributed by atoms with Crippen LogP contribution in [0, 0.1) is 0 Å². The largest absolute Gasteiger partial charge is 0.497 e. The van der Waals surface area contributed by atoms with Gasteiger partial charge in [-0.1, -0.05) is 0 Å². The molecule has 1 atom stereocenters. The number of alkyl halides is 1. The molecule has 0 bridgehead atoms. The summed E-state index contributed by atoms with van der Waals surface area (Å²) in [7, 11) is 1.60. The van der Waals surface area contributed by atoms with E-state index in [9.17, 15) is 9.59 Å². The maximum Gasteiger partial charge on any atom is 0.229 e. The first-order valence-electron chi connectivity index (χ1n) is 6.93. The summed E-state index contributed by atoms with van der Waals surface area (Å²) in [5, 5.41) is 2.88. The minimum Gasteiger partial charge on any atom is -0.497 e. The first-order valence-corrected chi connectivity index (χ1v) is 7.47. The van der Waals surface area contributed by atoms with Crippen LogP contribution in [0.25, 0.3) is 0 Å². The summed E-state index contributed by atoms with van der Waals surface area (Å²) in [6.45, 7) is 0.498. The van der Waals surface area contributed by atoms with Crippen molar-refractivity contribution in [3.05, 3.63) is 24.3 Å². The summed E-state index contributed by atoms with van der Waals surface area (Å²) in [6, 6.07) is 7.18. The van der Waals surface area contributed by atoms with Crippen LogP contribution in [0.4, 0.5) is 5.69 Å². The standard InChI is InChI=1S/C15H19ClN2O3/c1-21-13-6-4-12(5-7-13)18-10-11(9-15(18)20)17-14(19)3-2-8-16/h4-7,11H,2-3,8-10H2,1H3,(H,17,19)/t11-/m1/s1. The number of carbonyl (C=O) groups is 2. The van der Waals surface area contributed by atoms with Crippen LogP contribution in [0.2, 0.25) is 0 Å². The quantitative estimate of drug-likeness (QED) is 0.817. The molecule has 0 spiro atoms. The SMILES string of the molecule is COc1ccc(N2C[C@H](NC(=O)CCCCl)CC2=O)cc1. The van der Waals surface area contributed by atoms with Crippen molar-refractivity contribution in [3.8, 4) is 5.75 Å². The molecule has 114 valence electrons. The maximum absolute atomic E-state index is 12.1. The van der Waals surface area contributed by atoms with E-state index in [1.165, 1.54) is 0 Å². The highest BCUT2D eigenvalue weighted by atomic mass is 35.5. The van der Waals surface area contributed by atoms with Gasteiger partial charge in [-0.05, 0) is 30.7 Å². The molecule has 1 N–H and O–H groups in total. The van der Waals surface area contributed by atoms with E-state index in [2.05, 4.69) is 5.32 Å². The minimum atomic E-state index is -0.137. The normalized spacial score (nSPS) is 17.9. The third kappa shape index (κ3) is 4.11. The van der Waals surface area contributed by atoms with Crippen LogP contribution >= 0.6 is 11.6 Å². The number of rotatable bonds is 6. The summed E-state index contributed by atoms with van der Waals surface area (Å²) in [4.78, 5) is 25.4. The van der Waals surface area contributed by atoms with Gasteiger partial charge in [-0.2, -0.15) is 0 Å². The molecule has 1 aliphatic heterocycles. The second-order valence-corrected chi connectivity index (χ2v) is 5.34. The molecule has 5 nitrogen and oxygen atoms in total. The lowest BCUT2D eigenvalue weighted by atomic mass is 10.2. The number of hydrogen-bond acceptors (Lipinski definition) is 3. The van der Waals surface area contributed by atoms with Crippen molar-refractivity contribution in [2.45, 2.75) is 25.3 Å². The molecule has 1 aromatic rings. The lowest BCUT2D eigenvalue weighted by Gasteiger charge is -2.17. The zero-order valence-corrected chi connectivity index (χ0v) is 12.7. The summed E-state index contributed by atoms with van der Waals surface area (Å²) < 4.78 is 5.10. The zero-order chi connectivity index (χ0) is 15.2. The Balaban J connectivity index is 1.94. The molecule has 2 rings (SSSR count). The highest BCUT2D eigenvalue weighted by Gasteiger charge is 2.31. The van der Waals surface area contributed by atoms with Gasteiger partial charge in [0.25, 0.3) is 0 Å². The van der Waals surface area contributed by atoms with Gasteiger partial charge in [0.1, 0.15) is 5.75 Å². The van der Waals surface area contributed by atoms with Gasteiger partial charge in [0, 0.05) is 31.0 Å². The van der Waals surface area contributed by atoms with E-state index in [1.54, 1.807) is 12.0 Å². The second-order valence-electron chi connectivity index (χ2n) is 4.96. The third-order valence-corrected chi connectivity index (χ3v) is 3.68. The topological polar surface area (TPSA) is 58.6 Å². The molecule has 0 unspecified atom stereocenters. The number of halogens is 1. The van der Waals surface area contributed by atoms with E-state index in [1.807, 2.05) is 24.3 Å². The Labute approximate surface area is 129 Å². The molecule has 1 aromatic carbocycles. The Kier molecular flexibility index (Phi) is 5.44. The fraction of sp³-hybridized carbons (Fsp3) is 0.467. The van der Waals surface area contributed by atoms with Gasteiger partial charge in [0.05, 0.1) is 13.2 Å². The predicted molar refractivity (Wildman–Crippen MR) is 81.8 cm³/mol. The van der Waals surface area contributed by atoms with Gasteiger partial charge < -0.3 is 15.0 Å². The van der Waals surface area contributed by atoms with Gasteiger partial charge in [-0.15, -0.1) is 11.6 Å². The number of amides is 2. The molecular formula is C15H19ClN2O3. The highest BCUT2D eigenvalue weighted by molar-refractivity contribution is 6.17. The molecule has 2 amide bonds. The summed E-state index contributed by atoms with van der Waals surface area (Å²) in [6.07, 6.45) is 1.38. The Morgan fingerprint density at radius 3 is 2.76 bits per heavy atom. The third-order valence-electron chi connectivity index (χ3n) is 3.41. The number of benzene rings is 1. The zero-order valence-electron chi connectivity index (χ0n) is 12.0. The summed E-state index contributed by atoms with van der Waals surface area (Å²) in [5.74, 6) is 1.18. The average Bonchev–Trinajstić information content (AvgIpc) is 2.85. The molecule has 0 saturated carbocycles. The number of methoxy groups -OCH3 is 1. The molecule has 6 heteroatoms. The maximum atomic E-state index is 12.1. The van der Waals surface area contributed by atoms with Crippen LogP contribution in [0.1, 0.15) is 19.3 Å². The Bertz CT molecular complexity index is 504. The van der Waals surface area contributed by atoms with Crippen LogP contribution in [0.5, 0.6) is 5.75 Å². The fourth-order valence-corrected chi connectivity index (χ4v) is 2.48. The Hall–Kier alpha value is -1.75. The highest BCUT2D eigenvalue weighted by Crippen LogP contribution is 2.24. The number of nitrogens with one attached hydrogen (secondary N) is 1. The molecule has 1 aliphatic rings. The average molecular weight is 311 g/mol. The van der Waals surface area contributed by atoms with Crippen molar-refractivity contribution >= 4 is 29.1 Å². The minimum absolute atomic E-state index is 0.0165. The molecule has 0 aliphatic carbocycles. The predicted octanol–water partition coefficient (Wildman–Crippen LogP) is 1.94. The molecular weight excluding hydrogens is 292 g/mol. The Morgan fingerprint density at radius 1 is 1.43 bits per heavy atom. The van der Waals surface area contributed by atoms with Crippen molar-refractivity contribution in [2.75, 3.05) is 24.4 Å². The molecule has 21 heavy (non-hydrogen) atoms. The number of nitrogens with zero attached hydrogens (tertiary/aromatic N) is 1. The fourth-order valence-electron chi connectivity index (χ4n) is 2.34. The lowest BCUT2D eigenvalue weighted by molar-refractivity contribution is -0.121. The van der Waals surface area contributed by atoms with E-state index >= 15 is 0 Å². The van der Waals surface area contributed by atoms with Crippen LogP contribution in [-0.4, -0.2) is 37.4 Å². The van der Waals surface area contributed by atoms with E-state index < -0.39 is 0 Å². The van der Waals surface area contributed by atoms with E-state index in [4.69, 9.17) is 16.3 Å². The van der Waals surface area contributed by atoms with Gasteiger partial charge in [-0.25, -0.2) is 0 Å². The molecule has 1 fully saturated rings.